The summed E-state index contributed by atoms with van der Waals surface area (Å²) in [6.07, 6.45) is 2.30. The lowest BCUT2D eigenvalue weighted by Crippen LogP contribution is -2.04. The van der Waals surface area contributed by atoms with Gasteiger partial charge in [0.05, 0.1) is 16.3 Å². The summed E-state index contributed by atoms with van der Waals surface area (Å²) in [5, 5.41) is 13.6. The fourth-order valence-electron chi connectivity index (χ4n) is 1.24. The fraction of sp³-hybridized carbons (Fsp3) is 0.333. The number of nitrogens with zero attached hydrogens (tertiary/aromatic N) is 1. The molecule has 0 radical (unpaired) electrons. The summed E-state index contributed by atoms with van der Waals surface area (Å²) in [5.41, 5.74) is 6.93. The number of nitro benzene ring substituents is 1. The highest BCUT2D eigenvalue weighted by Gasteiger charge is 2.22. The van der Waals surface area contributed by atoms with Crippen LogP contribution in [-0.4, -0.2) is 11.0 Å². The van der Waals surface area contributed by atoms with Crippen molar-refractivity contribution in [1.82, 2.24) is 0 Å². The minimum absolute atomic E-state index is 0.0313. The molecule has 2 rings (SSSR count). The molecular weight excluding hydrogens is 182 g/mol. The van der Waals surface area contributed by atoms with Gasteiger partial charge in [-0.3, -0.25) is 10.1 Å². The van der Waals surface area contributed by atoms with Gasteiger partial charge in [-0.1, -0.05) is 0 Å². The third-order valence-electron chi connectivity index (χ3n) is 2.18. The van der Waals surface area contributed by atoms with E-state index in [-0.39, 0.29) is 5.69 Å². The molecule has 0 heterocycles. The van der Waals surface area contributed by atoms with Crippen molar-refractivity contribution >= 4 is 17.1 Å². The SMILES string of the molecule is Nc1cc([N+](=O)[O-])ccc1NC1CC1. The first-order valence-corrected chi connectivity index (χ1v) is 4.47. The molecule has 5 nitrogen and oxygen atoms in total. The van der Waals surface area contributed by atoms with Gasteiger partial charge < -0.3 is 11.1 Å². The van der Waals surface area contributed by atoms with E-state index in [1.807, 2.05) is 0 Å². The number of benzene rings is 1. The maximum Gasteiger partial charge on any atom is 0.271 e. The second kappa shape index (κ2) is 3.17. The predicted octanol–water partition coefficient (Wildman–Crippen LogP) is 1.75. The summed E-state index contributed by atoms with van der Waals surface area (Å²) in [7, 11) is 0. The Morgan fingerprint density at radius 2 is 2.21 bits per heavy atom. The van der Waals surface area contributed by atoms with E-state index in [4.69, 9.17) is 5.73 Å². The Balaban J connectivity index is 2.21. The second-order valence-corrected chi connectivity index (χ2v) is 3.45. The molecule has 0 aliphatic heterocycles. The Bertz CT molecular complexity index is 374. The summed E-state index contributed by atoms with van der Waals surface area (Å²) in [6, 6.07) is 5.00. The number of nitrogens with two attached hydrogens (primary N) is 1. The smallest absolute Gasteiger partial charge is 0.271 e. The minimum Gasteiger partial charge on any atom is -0.397 e. The lowest BCUT2D eigenvalue weighted by atomic mass is 10.2. The standard InChI is InChI=1S/C9H11N3O2/c10-8-5-7(12(13)14)3-4-9(8)11-6-1-2-6/h3-6,11H,1-2,10H2. The number of anilines is 2. The van der Waals surface area contributed by atoms with Gasteiger partial charge in [-0.2, -0.15) is 0 Å². The molecule has 3 N–H and O–H groups in total. The maximum atomic E-state index is 10.4. The lowest BCUT2D eigenvalue weighted by molar-refractivity contribution is -0.384. The lowest BCUT2D eigenvalue weighted by Gasteiger charge is -2.06. The normalized spacial score (nSPS) is 15.1. The molecule has 5 heteroatoms. The first kappa shape index (κ1) is 8.80. The highest BCUT2D eigenvalue weighted by molar-refractivity contribution is 5.69. The van der Waals surface area contributed by atoms with Crippen molar-refractivity contribution in [3.63, 3.8) is 0 Å². The monoisotopic (exact) mass is 193 g/mol. The van der Waals surface area contributed by atoms with E-state index in [2.05, 4.69) is 5.32 Å². The number of rotatable bonds is 3. The van der Waals surface area contributed by atoms with Crippen LogP contribution in [0.1, 0.15) is 12.8 Å². The molecule has 0 bridgehead atoms. The van der Waals surface area contributed by atoms with Gasteiger partial charge in [0.1, 0.15) is 0 Å². The average molecular weight is 193 g/mol. The molecule has 1 aromatic carbocycles. The van der Waals surface area contributed by atoms with Gasteiger partial charge in [-0.05, 0) is 18.9 Å². The van der Waals surface area contributed by atoms with Crippen molar-refractivity contribution in [3.8, 4) is 0 Å². The van der Waals surface area contributed by atoms with Crippen LogP contribution in [0.2, 0.25) is 0 Å². The molecule has 0 spiro atoms. The number of nitrogens with one attached hydrogen (secondary N) is 1. The largest absolute Gasteiger partial charge is 0.397 e. The zero-order valence-electron chi connectivity index (χ0n) is 7.56. The van der Waals surface area contributed by atoms with Crippen LogP contribution >= 0.6 is 0 Å². The summed E-state index contributed by atoms with van der Waals surface area (Å²) in [5.74, 6) is 0. The predicted molar refractivity (Wildman–Crippen MR) is 54.2 cm³/mol. The van der Waals surface area contributed by atoms with Crippen molar-refractivity contribution < 1.29 is 4.92 Å². The minimum atomic E-state index is -0.447. The molecule has 1 aromatic rings. The third-order valence-corrected chi connectivity index (χ3v) is 2.18. The number of hydrogen-bond acceptors (Lipinski definition) is 4. The molecular formula is C9H11N3O2. The van der Waals surface area contributed by atoms with Crippen molar-refractivity contribution in [1.29, 1.82) is 0 Å². The van der Waals surface area contributed by atoms with Gasteiger partial charge in [-0.15, -0.1) is 0 Å². The third kappa shape index (κ3) is 1.76. The number of nitrogen functional groups attached to an aromatic ring is 1. The van der Waals surface area contributed by atoms with E-state index >= 15 is 0 Å². The molecule has 0 unspecified atom stereocenters. The Labute approximate surface area is 81.1 Å². The molecule has 14 heavy (non-hydrogen) atoms. The van der Waals surface area contributed by atoms with Crippen molar-refractivity contribution in [2.24, 2.45) is 0 Å². The Hall–Kier alpha value is -1.78. The maximum absolute atomic E-state index is 10.4. The van der Waals surface area contributed by atoms with Crippen LogP contribution in [0.15, 0.2) is 18.2 Å². The van der Waals surface area contributed by atoms with E-state index < -0.39 is 4.92 Å². The van der Waals surface area contributed by atoms with Gasteiger partial charge in [0.2, 0.25) is 0 Å². The average Bonchev–Trinajstić information content (AvgIpc) is 2.92. The molecule has 0 atom stereocenters. The number of hydrogen-bond donors (Lipinski definition) is 2. The zero-order valence-corrected chi connectivity index (χ0v) is 7.56. The van der Waals surface area contributed by atoms with Gasteiger partial charge in [0.15, 0.2) is 0 Å². The Morgan fingerprint density at radius 3 is 2.71 bits per heavy atom. The van der Waals surface area contributed by atoms with E-state index in [0.29, 0.717) is 11.7 Å². The van der Waals surface area contributed by atoms with Gasteiger partial charge >= 0.3 is 0 Å². The Morgan fingerprint density at radius 1 is 1.50 bits per heavy atom. The van der Waals surface area contributed by atoms with Crippen LogP contribution in [0.3, 0.4) is 0 Å². The van der Waals surface area contributed by atoms with Crippen LogP contribution < -0.4 is 11.1 Å². The van der Waals surface area contributed by atoms with Crippen molar-refractivity contribution in [2.75, 3.05) is 11.1 Å². The van der Waals surface area contributed by atoms with Crippen LogP contribution in [0, 0.1) is 10.1 Å². The first-order chi connectivity index (χ1) is 6.66. The van der Waals surface area contributed by atoms with Gasteiger partial charge in [-0.25, -0.2) is 0 Å². The van der Waals surface area contributed by atoms with Crippen LogP contribution in [0.5, 0.6) is 0 Å². The Kier molecular flexibility index (Phi) is 1.99. The summed E-state index contributed by atoms with van der Waals surface area (Å²) in [4.78, 5) is 9.98. The molecule has 1 aliphatic rings. The summed E-state index contributed by atoms with van der Waals surface area (Å²) >= 11 is 0. The van der Waals surface area contributed by atoms with E-state index in [9.17, 15) is 10.1 Å². The molecule has 0 aromatic heterocycles. The van der Waals surface area contributed by atoms with Crippen molar-refractivity contribution in [3.05, 3.63) is 28.3 Å². The molecule has 74 valence electrons. The molecule has 0 saturated heterocycles. The molecule has 1 fully saturated rings. The van der Waals surface area contributed by atoms with Crippen molar-refractivity contribution in [2.45, 2.75) is 18.9 Å². The number of non-ortho nitro benzene ring substituents is 1. The first-order valence-electron chi connectivity index (χ1n) is 4.47. The highest BCUT2D eigenvalue weighted by Crippen LogP contribution is 2.30. The zero-order chi connectivity index (χ0) is 10.1. The quantitative estimate of drug-likeness (QED) is 0.435. The van der Waals surface area contributed by atoms with Gasteiger partial charge in [0, 0.05) is 18.2 Å². The van der Waals surface area contributed by atoms with E-state index in [1.54, 1.807) is 6.07 Å². The van der Waals surface area contributed by atoms with Crippen LogP contribution in [-0.2, 0) is 0 Å². The summed E-state index contributed by atoms with van der Waals surface area (Å²) in [6.45, 7) is 0. The van der Waals surface area contributed by atoms with Crippen LogP contribution in [0.25, 0.3) is 0 Å². The molecule has 0 amide bonds. The van der Waals surface area contributed by atoms with Gasteiger partial charge in [0.25, 0.3) is 5.69 Å². The van der Waals surface area contributed by atoms with E-state index in [1.165, 1.54) is 12.1 Å². The molecule has 1 aliphatic carbocycles. The second-order valence-electron chi connectivity index (χ2n) is 3.45. The van der Waals surface area contributed by atoms with E-state index in [0.717, 1.165) is 18.5 Å². The molecule has 1 saturated carbocycles. The topological polar surface area (TPSA) is 81.2 Å². The fourth-order valence-corrected chi connectivity index (χ4v) is 1.24. The highest BCUT2D eigenvalue weighted by atomic mass is 16.6. The number of nitro groups is 1. The van der Waals surface area contributed by atoms with Crippen LogP contribution in [0.4, 0.5) is 17.1 Å². The summed E-state index contributed by atoms with van der Waals surface area (Å²) < 4.78 is 0.